The van der Waals surface area contributed by atoms with Crippen LogP contribution >= 0.6 is 11.3 Å². The van der Waals surface area contributed by atoms with E-state index in [4.69, 9.17) is 9.84 Å². The standard InChI is InChI=1S/C17H17N3O3S/c1-10-11(2)24-17-14(10)16(19-9-20-17)23-13-5-3-4-12(8-13)15(22)18-6-7-21/h3-5,8-9,21H,6-7H2,1-2H3,(H,18,22). The van der Waals surface area contributed by atoms with Gasteiger partial charge in [-0.1, -0.05) is 6.07 Å². The van der Waals surface area contributed by atoms with Gasteiger partial charge in [0.15, 0.2) is 0 Å². The van der Waals surface area contributed by atoms with Crippen LogP contribution in [0.1, 0.15) is 20.8 Å². The summed E-state index contributed by atoms with van der Waals surface area (Å²) in [6.07, 6.45) is 1.48. The molecule has 0 unspecified atom stereocenters. The van der Waals surface area contributed by atoms with Crippen LogP contribution in [0, 0.1) is 13.8 Å². The molecule has 0 radical (unpaired) electrons. The normalized spacial score (nSPS) is 10.8. The Kier molecular flexibility index (Phi) is 4.73. The Bertz CT molecular complexity index is 892. The van der Waals surface area contributed by atoms with E-state index in [1.807, 2.05) is 13.8 Å². The summed E-state index contributed by atoms with van der Waals surface area (Å²) in [7, 11) is 0. The second-order valence-electron chi connectivity index (χ2n) is 5.25. The number of nitrogens with one attached hydrogen (secondary N) is 1. The monoisotopic (exact) mass is 343 g/mol. The van der Waals surface area contributed by atoms with Crippen LogP contribution in [0.5, 0.6) is 11.6 Å². The lowest BCUT2D eigenvalue weighted by Gasteiger charge is -2.08. The van der Waals surface area contributed by atoms with Crippen molar-refractivity contribution in [3.63, 3.8) is 0 Å². The number of hydrogen-bond acceptors (Lipinski definition) is 6. The highest BCUT2D eigenvalue weighted by atomic mass is 32.1. The van der Waals surface area contributed by atoms with Gasteiger partial charge in [-0.15, -0.1) is 11.3 Å². The van der Waals surface area contributed by atoms with E-state index in [9.17, 15) is 4.79 Å². The fourth-order valence-electron chi connectivity index (χ4n) is 2.31. The number of carbonyl (C=O) groups is 1. The SMILES string of the molecule is Cc1sc2ncnc(Oc3cccc(C(=O)NCCO)c3)c2c1C. The van der Waals surface area contributed by atoms with Crippen LogP contribution in [0.4, 0.5) is 0 Å². The Labute approximate surface area is 143 Å². The highest BCUT2D eigenvalue weighted by Gasteiger charge is 2.14. The van der Waals surface area contributed by atoms with Crippen molar-refractivity contribution in [3.05, 3.63) is 46.6 Å². The van der Waals surface area contributed by atoms with Crippen LogP contribution in [0.3, 0.4) is 0 Å². The number of thiophene rings is 1. The molecule has 7 heteroatoms. The molecule has 2 aromatic heterocycles. The average Bonchev–Trinajstić information content (AvgIpc) is 2.88. The molecule has 6 nitrogen and oxygen atoms in total. The minimum absolute atomic E-state index is 0.0996. The topological polar surface area (TPSA) is 84.3 Å². The first-order chi connectivity index (χ1) is 11.6. The van der Waals surface area contributed by atoms with Gasteiger partial charge in [-0.05, 0) is 37.6 Å². The predicted octanol–water partition coefficient (Wildman–Crippen LogP) is 2.82. The third-order valence-corrected chi connectivity index (χ3v) is 4.75. The number of carbonyl (C=O) groups excluding carboxylic acids is 1. The van der Waals surface area contributed by atoms with Gasteiger partial charge in [-0.2, -0.15) is 0 Å². The molecular formula is C17H17N3O3S. The number of aromatic nitrogens is 2. The highest BCUT2D eigenvalue weighted by molar-refractivity contribution is 7.18. The van der Waals surface area contributed by atoms with Crippen molar-refractivity contribution in [1.82, 2.24) is 15.3 Å². The summed E-state index contributed by atoms with van der Waals surface area (Å²) in [5, 5.41) is 12.3. The Morgan fingerprint density at radius 1 is 1.33 bits per heavy atom. The molecule has 0 saturated carbocycles. The smallest absolute Gasteiger partial charge is 0.251 e. The predicted molar refractivity (Wildman–Crippen MR) is 92.8 cm³/mol. The number of nitrogens with zero attached hydrogens (tertiary/aromatic N) is 2. The number of amides is 1. The van der Waals surface area contributed by atoms with Crippen molar-refractivity contribution in [2.75, 3.05) is 13.2 Å². The van der Waals surface area contributed by atoms with Crippen molar-refractivity contribution in [2.24, 2.45) is 0 Å². The van der Waals surface area contributed by atoms with Crippen molar-refractivity contribution >= 4 is 27.5 Å². The van der Waals surface area contributed by atoms with E-state index < -0.39 is 0 Å². The summed E-state index contributed by atoms with van der Waals surface area (Å²) in [5.41, 5.74) is 1.56. The molecule has 0 bridgehead atoms. The minimum atomic E-state index is -0.259. The maximum absolute atomic E-state index is 12.0. The summed E-state index contributed by atoms with van der Waals surface area (Å²) >= 11 is 1.60. The number of ether oxygens (including phenoxy) is 1. The van der Waals surface area contributed by atoms with Gasteiger partial charge >= 0.3 is 0 Å². The Balaban J connectivity index is 1.91. The van der Waals surface area contributed by atoms with Crippen molar-refractivity contribution in [1.29, 1.82) is 0 Å². The lowest BCUT2D eigenvalue weighted by atomic mass is 10.2. The number of aryl methyl sites for hydroxylation is 2. The number of rotatable bonds is 5. The van der Waals surface area contributed by atoms with E-state index >= 15 is 0 Å². The van der Waals surface area contributed by atoms with Gasteiger partial charge in [-0.25, -0.2) is 9.97 Å². The summed E-state index contributed by atoms with van der Waals surface area (Å²) < 4.78 is 5.91. The van der Waals surface area contributed by atoms with E-state index in [1.54, 1.807) is 35.6 Å². The largest absolute Gasteiger partial charge is 0.438 e. The van der Waals surface area contributed by atoms with Gasteiger partial charge in [0.2, 0.25) is 5.88 Å². The van der Waals surface area contributed by atoms with E-state index in [0.717, 1.165) is 15.8 Å². The Morgan fingerprint density at radius 3 is 2.96 bits per heavy atom. The number of hydrogen-bond donors (Lipinski definition) is 2. The first kappa shape index (κ1) is 16.4. The van der Waals surface area contributed by atoms with Gasteiger partial charge in [0.05, 0.1) is 12.0 Å². The van der Waals surface area contributed by atoms with Crippen LogP contribution < -0.4 is 10.1 Å². The fraction of sp³-hybridized carbons (Fsp3) is 0.235. The van der Waals surface area contributed by atoms with E-state index in [-0.39, 0.29) is 19.1 Å². The third-order valence-electron chi connectivity index (χ3n) is 3.64. The number of aliphatic hydroxyl groups is 1. The molecule has 0 saturated heterocycles. The summed E-state index contributed by atoms with van der Waals surface area (Å²) in [4.78, 5) is 22.6. The molecule has 3 rings (SSSR count). The molecule has 24 heavy (non-hydrogen) atoms. The van der Waals surface area contributed by atoms with Crippen molar-refractivity contribution in [3.8, 4) is 11.6 Å². The van der Waals surface area contributed by atoms with Crippen LogP contribution in [-0.4, -0.2) is 34.1 Å². The molecule has 124 valence electrons. The molecule has 2 N–H and O–H groups in total. The summed E-state index contributed by atoms with van der Waals surface area (Å²) in [6, 6.07) is 6.85. The molecule has 3 aromatic rings. The molecule has 2 heterocycles. The van der Waals surface area contributed by atoms with E-state index in [2.05, 4.69) is 15.3 Å². The molecule has 0 aliphatic rings. The van der Waals surface area contributed by atoms with Crippen molar-refractivity contribution < 1.29 is 14.6 Å². The number of aliphatic hydroxyl groups excluding tert-OH is 1. The molecule has 0 spiro atoms. The lowest BCUT2D eigenvalue weighted by Crippen LogP contribution is -2.26. The summed E-state index contributed by atoms with van der Waals surface area (Å²) in [6.45, 7) is 4.17. The van der Waals surface area contributed by atoms with Gasteiger partial charge in [0, 0.05) is 17.0 Å². The average molecular weight is 343 g/mol. The zero-order valence-electron chi connectivity index (χ0n) is 13.4. The highest BCUT2D eigenvalue weighted by Crippen LogP contribution is 2.35. The number of benzene rings is 1. The first-order valence-corrected chi connectivity index (χ1v) is 8.29. The van der Waals surface area contributed by atoms with Crippen LogP contribution in [0.25, 0.3) is 10.2 Å². The van der Waals surface area contributed by atoms with Crippen LogP contribution in [-0.2, 0) is 0 Å². The zero-order valence-corrected chi connectivity index (χ0v) is 14.2. The van der Waals surface area contributed by atoms with E-state index in [0.29, 0.717) is 17.2 Å². The third kappa shape index (κ3) is 3.22. The van der Waals surface area contributed by atoms with Gasteiger partial charge in [0.25, 0.3) is 5.91 Å². The van der Waals surface area contributed by atoms with Gasteiger partial charge in [-0.3, -0.25) is 4.79 Å². The first-order valence-electron chi connectivity index (χ1n) is 7.48. The van der Waals surface area contributed by atoms with E-state index in [1.165, 1.54) is 11.2 Å². The van der Waals surface area contributed by atoms with Crippen LogP contribution in [0.2, 0.25) is 0 Å². The maximum Gasteiger partial charge on any atom is 0.251 e. The van der Waals surface area contributed by atoms with Crippen molar-refractivity contribution in [2.45, 2.75) is 13.8 Å². The summed E-state index contributed by atoms with van der Waals surface area (Å²) in [5.74, 6) is 0.745. The van der Waals surface area contributed by atoms with Gasteiger partial charge in [0.1, 0.15) is 16.9 Å². The zero-order chi connectivity index (χ0) is 17.1. The molecule has 0 aliphatic heterocycles. The second kappa shape index (κ2) is 6.94. The molecule has 0 aliphatic carbocycles. The minimum Gasteiger partial charge on any atom is -0.438 e. The molecular weight excluding hydrogens is 326 g/mol. The molecule has 1 aromatic carbocycles. The lowest BCUT2D eigenvalue weighted by molar-refractivity contribution is 0.0944. The van der Waals surface area contributed by atoms with Gasteiger partial charge < -0.3 is 15.2 Å². The fourth-order valence-corrected chi connectivity index (χ4v) is 3.30. The Morgan fingerprint density at radius 2 is 2.17 bits per heavy atom. The maximum atomic E-state index is 12.0. The second-order valence-corrected chi connectivity index (χ2v) is 6.45. The molecule has 0 fully saturated rings. The van der Waals surface area contributed by atoms with Crippen LogP contribution in [0.15, 0.2) is 30.6 Å². The Hall–Kier alpha value is -2.51. The molecule has 1 amide bonds. The quantitative estimate of drug-likeness (QED) is 0.744. The molecule has 0 atom stereocenters. The number of fused-ring (bicyclic) bond motifs is 1.